The van der Waals surface area contributed by atoms with Crippen LogP contribution in [0, 0.1) is 17.7 Å². The van der Waals surface area contributed by atoms with Crippen LogP contribution < -0.4 is 5.32 Å². The van der Waals surface area contributed by atoms with E-state index < -0.39 is 0 Å². The second kappa shape index (κ2) is 3.77. The fourth-order valence-corrected chi connectivity index (χ4v) is 2.80. The van der Waals surface area contributed by atoms with Gasteiger partial charge in [-0.1, -0.05) is 23.8 Å². The van der Waals surface area contributed by atoms with Gasteiger partial charge >= 0.3 is 0 Å². The van der Waals surface area contributed by atoms with Gasteiger partial charge < -0.3 is 5.32 Å². The van der Waals surface area contributed by atoms with Gasteiger partial charge in [0.25, 0.3) is 0 Å². The van der Waals surface area contributed by atoms with E-state index in [0.29, 0.717) is 12.0 Å². The van der Waals surface area contributed by atoms with Crippen LogP contribution in [-0.2, 0) is 0 Å². The largest absolute Gasteiger partial charge is 0.382 e. The molecule has 0 aromatic heterocycles. The normalized spacial score (nSPS) is 31.0. The van der Waals surface area contributed by atoms with Crippen molar-refractivity contribution in [2.75, 3.05) is 5.32 Å². The van der Waals surface area contributed by atoms with Crippen molar-refractivity contribution in [3.8, 4) is 0 Å². The smallest absolute Gasteiger partial charge is 0.143 e. The van der Waals surface area contributed by atoms with Gasteiger partial charge in [-0.25, -0.2) is 4.39 Å². The van der Waals surface area contributed by atoms with Gasteiger partial charge in [0, 0.05) is 17.6 Å². The number of allylic oxidation sites excluding steroid dienone is 1. The van der Waals surface area contributed by atoms with Crippen LogP contribution in [0.3, 0.4) is 0 Å². The molecule has 1 saturated carbocycles. The molecule has 3 atom stereocenters. The van der Waals surface area contributed by atoms with E-state index in [4.69, 9.17) is 11.6 Å². The van der Waals surface area contributed by atoms with Gasteiger partial charge in [0.15, 0.2) is 0 Å². The maximum atomic E-state index is 13.2. The first-order valence-electron chi connectivity index (χ1n) is 5.62. The minimum atomic E-state index is -0.357. The van der Waals surface area contributed by atoms with E-state index >= 15 is 0 Å². The maximum Gasteiger partial charge on any atom is 0.143 e. The Morgan fingerprint density at radius 2 is 2.25 bits per heavy atom. The zero-order valence-electron chi connectivity index (χ0n) is 8.79. The average Bonchev–Trinajstić information content (AvgIpc) is 2.61. The van der Waals surface area contributed by atoms with Crippen LogP contribution in [0.25, 0.3) is 0 Å². The molecule has 0 saturated heterocycles. The number of rotatable bonds is 2. The van der Waals surface area contributed by atoms with Gasteiger partial charge in [0.1, 0.15) is 5.82 Å². The van der Waals surface area contributed by atoms with Gasteiger partial charge in [-0.05, 0) is 37.0 Å². The maximum absolute atomic E-state index is 13.2. The van der Waals surface area contributed by atoms with E-state index in [9.17, 15) is 4.39 Å². The van der Waals surface area contributed by atoms with Crippen molar-refractivity contribution in [1.29, 1.82) is 0 Å². The highest BCUT2D eigenvalue weighted by Gasteiger charge is 2.40. The molecule has 1 nitrogen and oxygen atoms in total. The Morgan fingerprint density at radius 3 is 3.00 bits per heavy atom. The third kappa shape index (κ3) is 1.61. The average molecular weight is 238 g/mol. The molecule has 1 aromatic carbocycles. The number of hydrogen-bond donors (Lipinski definition) is 1. The number of fused-ring (bicyclic) bond motifs is 1. The Balaban J connectivity index is 1.70. The summed E-state index contributed by atoms with van der Waals surface area (Å²) >= 11 is 5.64. The van der Waals surface area contributed by atoms with E-state index in [1.165, 1.54) is 18.9 Å². The molecule has 0 aliphatic heterocycles. The van der Waals surface area contributed by atoms with Crippen molar-refractivity contribution in [2.24, 2.45) is 11.8 Å². The molecule has 1 fully saturated rings. The first kappa shape index (κ1) is 10.2. The quantitative estimate of drug-likeness (QED) is 0.771. The molecule has 2 aliphatic rings. The molecule has 3 unspecified atom stereocenters. The lowest BCUT2D eigenvalue weighted by Gasteiger charge is -2.41. The number of nitrogens with one attached hydrogen (secondary N) is 1. The third-order valence-electron chi connectivity index (χ3n) is 3.63. The summed E-state index contributed by atoms with van der Waals surface area (Å²) in [5, 5.41) is 3.55. The topological polar surface area (TPSA) is 12.0 Å². The zero-order chi connectivity index (χ0) is 11.1. The van der Waals surface area contributed by atoms with Crippen LogP contribution in [0.5, 0.6) is 0 Å². The predicted octanol–water partition coefficient (Wildman–Crippen LogP) is 3.86. The van der Waals surface area contributed by atoms with E-state index in [0.717, 1.165) is 11.6 Å². The van der Waals surface area contributed by atoms with Crippen LogP contribution in [0.15, 0.2) is 30.4 Å². The Kier molecular flexibility index (Phi) is 2.40. The van der Waals surface area contributed by atoms with E-state index in [-0.39, 0.29) is 10.8 Å². The van der Waals surface area contributed by atoms with Gasteiger partial charge in [-0.3, -0.25) is 0 Å². The number of hydrogen-bond acceptors (Lipinski definition) is 1. The van der Waals surface area contributed by atoms with E-state index in [1.807, 2.05) is 6.07 Å². The first-order valence-corrected chi connectivity index (χ1v) is 6.00. The van der Waals surface area contributed by atoms with E-state index in [2.05, 4.69) is 17.5 Å². The van der Waals surface area contributed by atoms with Crippen LogP contribution in [0.2, 0.25) is 5.02 Å². The fourth-order valence-electron chi connectivity index (χ4n) is 2.68. The summed E-state index contributed by atoms with van der Waals surface area (Å²) in [5.74, 6) is 1.10. The standard InChI is InChI=1S/C13H13ClFN/c14-11-5-4-9(7-12(11)15)16-13-6-8-2-1-3-10(8)13/h1,3-5,7-8,10,13,16H,2,6H2. The summed E-state index contributed by atoms with van der Waals surface area (Å²) < 4.78 is 13.2. The third-order valence-corrected chi connectivity index (χ3v) is 3.94. The molecule has 0 amide bonds. The SMILES string of the molecule is Fc1cc(NC2CC3CC=CC32)ccc1Cl. The summed E-state index contributed by atoms with van der Waals surface area (Å²) in [7, 11) is 0. The minimum absolute atomic E-state index is 0.179. The van der Waals surface area contributed by atoms with Crippen LogP contribution in [0.4, 0.5) is 10.1 Å². The summed E-state index contributed by atoms with van der Waals surface area (Å²) in [6.07, 6.45) is 6.91. The van der Waals surface area contributed by atoms with Crippen molar-refractivity contribution >= 4 is 17.3 Å². The molecule has 3 heteroatoms. The number of anilines is 1. The first-order chi connectivity index (χ1) is 7.74. The molecule has 0 heterocycles. The highest BCUT2D eigenvalue weighted by Crippen LogP contribution is 2.44. The second-order valence-corrected chi connectivity index (χ2v) is 5.02. The highest BCUT2D eigenvalue weighted by atomic mass is 35.5. The van der Waals surface area contributed by atoms with E-state index in [1.54, 1.807) is 6.07 Å². The molecule has 84 valence electrons. The zero-order valence-corrected chi connectivity index (χ0v) is 9.54. The minimum Gasteiger partial charge on any atom is -0.382 e. The van der Waals surface area contributed by atoms with Gasteiger partial charge in [-0.2, -0.15) is 0 Å². The molecule has 0 spiro atoms. The van der Waals surface area contributed by atoms with Crippen LogP contribution in [-0.4, -0.2) is 6.04 Å². The highest BCUT2D eigenvalue weighted by molar-refractivity contribution is 6.30. The lowest BCUT2D eigenvalue weighted by Crippen LogP contribution is -2.43. The Morgan fingerprint density at radius 1 is 1.38 bits per heavy atom. The number of halogens is 2. The monoisotopic (exact) mass is 237 g/mol. The lowest BCUT2D eigenvalue weighted by atomic mass is 9.71. The Labute approximate surface area is 99.3 Å². The molecular formula is C13H13ClFN. The van der Waals surface area contributed by atoms with Crippen molar-refractivity contribution in [3.05, 3.63) is 41.2 Å². The fraction of sp³-hybridized carbons (Fsp3) is 0.385. The molecule has 0 radical (unpaired) electrons. The van der Waals surface area contributed by atoms with Crippen molar-refractivity contribution in [3.63, 3.8) is 0 Å². The molecule has 1 N–H and O–H groups in total. The number of benzene rings is 1. The molecule has 1 aromatic rings. The molecular weight excluding hydrogens is 225 g/mol. The second-order valence-electron chi connectivity index (χ2n) is 4.62. The molecule has 3 rings (SSSR count). The van der Waals surface area contributed by atoms with Crippen molar-refractivity contribution < 1.29 is 4.39 Å². The van der Waals surface area contributed by atoms with Crippen LogP contribution >= 0.6 is 11.6 Å². The predicted molar refractivity (Wildman–Crippen MR) is 64.2 cm³/mol. The Bertz CT molecular complexity index is 444. The molecule has 16 heavy (non-hydrogen) atoms. The molecule has 2 aliphatic carbocycles. The molecule has 0 bridgehead atoms. The van der Waals surface area contributed by atoms with Crippen molar-refractivity contribution in [1.82, 2.24) is 0 Å². The van der Waals surface area contributed by atoms with Crippen LogP contribution in [0.1, 0.15) is 12.8 Å². The Hall–Kier alpha value is -1.02. The summed E-state index contributed by atoms with van der Waals surface area (Å²) in [5.41, 5.74) is 0.825. The van der Waals surface area contributed by atoms with Crippen molar-refractivity contribution in [2.45, 2.75) is 18.9 Å². The summed E-state index contributed by atoms with van der Waals surface area (Å²) in [6, 6.07) is 5.36. The summed E-state index contributed by atoms with van der Waals surface area (Å²) in [6.45, 7) is 0. The van der Waals surface area contributed by atoms with Gasteiger partial charge in [-0.15, -0.1) is 0 Å². The summed E-state index contributed by atoms with van der Waals surface area (Å²) in [4.78, 5) is 0. The van der Waals surface area contributed by atoms with Gasteiger partial charge in [0.05, 0.1) is 5.02 Å². The van der Waals surface area contributed by atoms with Gasteiger partial charge in [0.2, 0.25) is 0 Å². The lowest BCUT2D eigenvalue weighted by molar-refractivity contribution is 0.218.